The van der Waals surface area contributed by atoms with E-state index in [0.29, 0.717) is 5.92 Å². The highest BCUT2D eigenvalue weighted by atomic mass is 16.3. The van der Waals surface area contributed by atoms with Gasteiger partial charge in [0.15, 0.2) is 0 Å². The number of rotatable bonds is 2. The maximum Gasteiger partial charge on any atom is 0.0835 e. The van der Waals surface area contributed by atoms with Crippen LogP contribution in [0.5, 0.6) is 0 Å². The zero-order chi connectivity index (χ0) is 12.2. The van der Waals surface area contributed by atoms with Crippen LogP contribution in [0.15, 0.2) is 0 Å². The summed E-state index contributed by atoms with van der Waals surface area (Å²) < 4.78 is 0. The molecule has 3 heteroatoms. The van der Waals surface area contributed by atoms with Gasteiger partial charge in [-0.2, -0.15) is 0 Å². The van der Waals surface area contributed by atoms with E-state index in [1.165, 1.54) is 12.8 Å². The van der Waals surface area contributed by atoms with E-state index in [4.69, 9.17) is 5.73 Å². The fourth-order valence-corrected chi connectivity index (χ4v) is 3.73. The zero-order valence-electron chi connectivity index (χ0n) is 11.0. The van der Waals surface area contributed by atoms with E-state index < -0.39 is 5.60 Å². The molecule has 3 nitrogen and oxygen atoms in total. The monoisotopic (exact) mass is 226 g/mol. The summed E-state index contributed by atoms with van der Waals surface area (Å²) in [7, 11) is 0. The van der Waals surface area contributed by atoms with Gasteiger partial charge in [0.1, 0.15) is 0 Å². The van der Waals surface area contributed by atoms with Crippen molar-refractivity contribution >= 4 is 0 Å². The van der Waals surface area contributed by atoms with E-state index in [0.717, 1.165) is 12.8 Å². The second-order valence-corrected chi connectivity index (χ2v) is 7.21. The van der Waals surface area contributed by atoms with Crippen molar-refractivity contribution in [2.24, 2.45) is 11.7 Å². The first-order chi connectivity index (χ1) is 7.14. The summed E-state index contributed by atoms with van der Waals surface area (Å²) >= 11 is 0. The van der Waals surface area contributed by atoms with Crippen LogP contribution in [-0.2, 0) is 0 Å². The van der Waals surface area contributed by atoms with Crippen molar-refractivity contribution in [2.75, 3.05) is 0 Å². The highest BCUT2D eigenvalue weighted by molar-refractivity contribution is 5.10. The Bertz CT molecular complexity index is 266. The van der Waals surface area contributed by atoms with E-state index >= 15 is 0 Å². The maximum atomic E-state index is 10.9. The van der Waals surface area contributed by atoms with Crippen molar-refractivity contribution in [3.8, 4) is 0 Å². The standard InChI is InChI=1S/C13H26N2O/c1-11(2)7-13(16,8-12(3,4)15-11)10(14)9-5-6-9/h9-10,15-16H,5-8,14H2,1-4H3. The lowest BCUT2D eigenvalue weighted by atomic mass is 9.69. The van der Waals surface area contributed by atoms with Gasteiger partial charge in [-0.15, -0.1) is 0 Å². The van der Waals surface area contributed by atoms with E-state index in [1.807, 2.05) is 0 Å². The molecule has 0 amide bonds. The molecule has 1 atom stereocenters. The second-order valence-electron chi connectivity index (χ2n) is 7.21. The van der Waals surface area contributed by atoms with Crippen molar-refractivity contribution < 1.29 is 5.11 Å². The summed E-state index contributed by atoms with van der Waals surface area (Å²) in [6.07, 6.45) is 3.89. The van der Waals surface area contributed by atoms with Gasteiger partial charge in [-0.05, 0) is 59.3 Å². The van der Waals surface area contributed by atoms with Crippen LogP contribution in [-0.4, -0.2) is 27.8 Å². The molecule has 0 spiro atoms. The summed E-state index contributed by atoms with van der Waals surface area (Å²) in [5.74, 6) is 0.551. The lowest BCUT2D eigenvalue weighted by Crippen LogP contribution is -2.68. The molecule has 4 N–H and O–H groups in total. The molecule has 2 fully saturated rings. The highest BCUT2D eigenvalue weighted by Gasteiger charge is 2.52. The molecule has 2 aliphatic rings. The van der Waals surface area contributed by atoms with Gasteiger partial charge in [-0.3, -0.25) is 0 Å². The maximum absolute atomic E-state index is 10.9. The number of hydrogen-bond acceptors (Lipinski definition) is 3. The highest BCUT2D eigenvalue weighted by Crippen LogP contribution is 2.44. The molecule has 1 aliphatic carbocycles. The molecule has 1 unspecified atom stereocenters. The number of nitrogens with one attached hydrogen (secondary N) is 1. The average molecular weight is 226 g/mol. The van der Waals surface area contributed by atoms with Crippen LogP contribution in [0.3, 0.4) is 0 Å². The van der Waals surface area contributed by atoms with Gasteiger partial charge in [0.25, 0.3) is 0 Å². The van der Waals surface area contributed by atoms with E-state index in [1.54, 1.807) is 0 Å². The third kappa shape index (κ3) is 2.41. The van der Waals surface area contributed by atoms with Crippen LogP contribution in [0.25, 0.3) is 0 Å². The lowest BCUT2D eigenvalue weighted by Gasteiger charge is -2.52. The topological polar surface area (TPSA) is 58.3 Å². The van der Waals surface area contributed by atoms with Crippen molar-refractivity contribution in [2.45, 2.75) is 76.1 Å². The Kier molecular flexibility index (Phi) is 2.65. The van der Waals surface area contributed by atoms with E-state index in [-0.39, 0.29) is 17.1 Å². The van der Waals surface area contributed by atoms with Gasteiger partial charge in [-0.1, -0.05) is 0 Å². The Hall–Kier alpha value is -0.120. The first kappa shape index (κ1) is 12.3. The van der Waals surface area contributed by atoms with E-state index in [9.17, 15) is 5.11 Å². The molecule has 0 aromatic rings. The first-order valence-corrected chi connectivity index (χ1v) is 6.41. The SMILES string of the molecule is CC1(C)CC(O)(C(N)C2CC2)CC(C)(C)N1. The first-order valence-electron chi connectivity index (χ1n) is 6.41. The Labute approximate surface area is 98.8 Å². The largest absolute Gasteiger partial charge is 0.388 e. The van der Waals surface area contributed by atoms with Gasteiger partial charge in [0, 0.05) is 17.1 Å². The normalized spacial score (nSPS) is 33.4. The summed E-state index contributed by atoms with van der Waals surface area (Å²) in [5, 5.41) is 14.4. The molecule has 0 aromatic carbocycles. The quantitative estimate of drug-likeness (QED) is 0.667. The minimum absolute atomic E-state index is 0.0387. The number of aliphatic hydroxyl groups is 1. The van der Waals surface area contributed by atoms with Crippen LogP contribution >= 0.6 is 0 Å². The molecule has 1 saturated heterocycles. The third-order valence-electron chi connectivity index (χ3n) is 3.92. The minimum atomic E-state index is -0.695. The molecule has 1 aliphatic heterocycles. The number of hydrogen-bond donors (Lipinski definition) is 3. The fourth-order valence-electron chi connectivity index (χ4n) is 3.73. The molecule has 1 saturated carbocycles. The van der Waals surface area contributed by atoms with Gasteiger partial charge in [-0.25, -0.2) is 0 Å². The molecular formula is C13H26N2O. The third-order valence-corrected chi connectivity index (χ3v) is 3.92. The van der Waals surface area contributed by atoms with Crippen LogP contribution in [0.2, 0.25) is 0 Å². The Morgan fingerprint density at radius 3 is 1.94 bits per heavy atom. The Morgan fingerprint density at radius 2 is 1.56 bits per heavy atom. The van der Waals surface area contributed by atoms with E-state index in [2.05, 4.69) is 33.0 Å². The van der Waals surface area contributed by atoms with Crippen LogP contribution in [0, 0.1) is 5.92 Å². The molecular weight excluding hydrogens is 200 g/mol. The average Bonchev–Trinajstić information content (AvgIpc) is 2.76. The summed E-state index contributed by atoms with van der Waals surface area (Å²) in [4.78, 5) is 0. The molecule has 0 radical (unpaired) electrons. The van der Waals surface area contributed by atoms with Gasteiger partial charge < -0.3 is 16.2 Å². The fraction of sp³-hybridized carbons (Fsp3) is 1.00. The molecule has 94 valence electrons. The van der Waals surface area contributed by atoms with Crippen molar-refractivity contribution in [1.82, 2.24) is 5.32 Å². The van der Waals surface area contributed by atoms with Gasteiger partial charge in [0.05, 0.1) is 5.60 Å². The number of nitrogens with two attached hydrogens (primary N) is 1. The number of piperidine rings is 1. The molecule has 0 aromatic heterocycles. The Morgan fingerprint density at radius 1 is 1.12 bits per heavy atom. The van der Waals surface area contributed by atoms with Crippen LogP contribution in [0.4, 0.5) is 0 Å². The van der Waals surface area contributed by atoms with Crippen molar-refractivity contribution in [3.05, 3.63) is 0 Å². The zero-order valence-corrected chi connectivity index (χ0v) is 11.0. The summed E-state index contributed by atoms with van der Waals surface area (Å²) in [5.41, 5.74) is 5.48. The summed E-state index contributed by atoms with van der Waals surface area (Å²) in [6, 6.07) is -0.0480. The minimum Gasteiger partial charge on any atom is -0.388 e. The lowest BCUT2D eigenvalue weighted by molar-refractivity contribution is -0.0775. The molecule has 2 rings (SSSR count). The second kappa shape index (κ2) is 3.44. The predicted octanol–water partition coefficient (Wildman–Crippen LogP) is 1.40. The Balaban J connectivity index is 2.19. The van der Waals surface area contributed by atoms with Crippen LogP contribution < -0.4 is 11.1 Å². The van der Waals surface area contributed by atoms with Crippen molar-refractivity contribution in [1.29, 1.82) is 0 Å². The van der Waals surface area contributed by atoms with Crippen molar-refractivity contribution in [3.63, 3.8) is 0 Å². The van der Waals surface area contributed by atoms with Gasteiger partial charge in [0.2, 0.25) is 0 Å². The summed E-state index contributed by atoms with van der Waals surface area (Å²) in [6.45, 7) is 8.61. The molecule has 0 bridgehead atoms. The molecule has 16 heavy (non-hydrogen) atoms. The predicted molar refractivity (Wildman–Crippen MR) is 66.2 cm³/mol. The smallest absolute Gasteiger partial charge is 0.0835 e. The van der Waals surface area contributed by atoms with Crippen LogP contribution in [0.1, 0.15) is 53.4 Å². The molecule has 1 heterocycles. The van der Waals surface area contributed by atoms with Gasteiger partial charge >= 0.3 is 0 Å².